The van der Waals surface area contributed by atoms with Crippen molar-refractivity contribution < 1.29 is 19.4 Å². The summed E-state index contributed by atoms with van der Waals surface area (Å²) in [6, 6.07) is 13.6. The highest BCUT2D eigenvalue weighted by molar-refractivity contribution is 9.10. The number of carbonyl (C=O) groups is 2. The molecule has 1 aliphatic heterocycles. The quantitative estimate of drug-likeness (QED) is 0.343. The predicted octanol–water partition coefficient (Wildman–Crippen LogP) is 4.22. The number of halogens is 1. The number of methoxy groups -OCH3 is 1. The fourth-order valence-corrected chi connectivity index (χ4v) is 4.24. The molecule has 1 amide bonds. The van der Waals surface area contributed by atoms with Crippen molar-refractivity contribution in [2.45, 2.75) is 19.9 Å². The normalized spacial score (nSPS) is 18.1. The molecule has 2 aromatic rings. The second-order valence-corrected chi connectivity index (χ2v) is 8.22. The molecule has 0 aliphatic carbocycles. The minimum Gasteiger partial charge on any atom is -0.507 e. The lowest BCUT2D eigenvalue weighted by atomic mass is 9.95. The van der Waals surface area contributed by atoms with Gasteiger partial charge >= 0.3 is 0 Å². The van der Waals surface area contributed by atoms with E-state index in [1.807, 2.05) is 24.3 Å². The van der Waals surface area contributed by atoms with E-state index in [0.717, 1.165) is 23.1 Å². The number of aliphatic hydroxyl groups is 1. The van der Waals surface area contributed by atoms with Crippen molar-refractivity contribution in [3.05, 3.63) is 69.7 Å². The standard InChI is InChI=1S/C24H27BrN2O4/c1-4-26(5-2)13-14-27-21(17-7-6-8-18(25)15-17)20(23(29)24(27)30)22(28)16-9-11-19(31-3)12-10-16/h6-12,15,21,28H,4-5,13-14H2,1-3H3/b22-20+. The summed E-state index contributed by atoms with van der Waals surface area (Å²) in [7, 11) is 1.56. The second kappa shape index (κ2) is 10.1. The molecule has 1 N–H and O–H groups in total. The average molecular weight is 487 g/mol. The molecule has 2 aromatic carbocycles. The Labute approximate surface area is 191 Å². The number of ketones is 1. The molecular formula is C24H27BrN2O4. The number of ether oxygens (including phenoxy) is 1. The minimum atomic E-state index is -0.669. The van der Waals surface area contributed by atoms with Gasteiger partial charge in [-0.05, 0) is 55.1 Å². The molecule has 6 nitrogen and oxygen atoms in total. The van der Waals surface area contributed by atoms with Crippen LogP contribution < -0.4 is 4.74 Å². The molecule has 164 valence electrons. The number of aliphatic hydroxyl groups excluding tert-OH is 1. The van der Waals surface area contributed by atoms with Gasteiger partial charge in [-0.1, -0.05) is 41.9 Å². The predicted molar refractivity (Wildman–Crippen MR) is 124 cm³/mol. The number of likely N-dealkylation sites (tertiary alicyclic amines) is 1. The molecule has 0 saturated carbocycles. The zero-order valence-electron chi connectivity index (χ0n) is 18.0. The Bertz CT molecular complexity index is 983. The zero-order chi connectivity index (χ0) is 22.5. The van der Waals surface area contributed by atoms with Crippen LogP contribution in [0, 0.1) is 0 Å². The van der Waals surface area contributed by atoms with Gasteiger partial charge in [-0.15, -0.1) is 0 Å². The van der Waals surface area contributed by atoms with Gasteiger partial charge in [0.1, 0.15) is 11.5 Å². The first kappa shape index (κ1) is 23.0. The Kier molecular flexibility index (Phi) is 7.51. The van der Waals surface area contributed by atoms with Gasteiger partial charge in [0.2, 0.25) is 0 Å². The number of amides is 1. The van der Waals surface area contributed by atoms with E-state index < -0.39 is 17.7 Å². The summed E-state index contributed by atoms with van der Waals surface area (Å²) >= 11 is 3.47. The molecule has 0 radical (unpaired) electrons. The van der Waals surface area contributed by atoms with Crippen LogP contribution in [0.3, 0.4) is 0 Å². The number of carbonyl (C=O) groups excluding carboxylic acids is 2. The van der Waals surface area contributed by atoms with Gasteiger partial charge in [0, 0.05) is 23.1 Å². The Morgan fingerprint density at radius 2 is 1.81 bits per heavy atom. The van der Waals surface area contributed by atoms with E-state index in [1.54, 1.807) is 36.3 Å². The number of benzene rings is 2. The van der Waals surface area contributed by atoms with Gasteiger partial charge in [0.15, 0.2) is 0 Å². The number of hydrogen-bond acceptors (Lipinski definition) is 5. The smallest absolute Gasteiger partial charge is 0.295 e. The number of hydrogen-bond donors (Lipinski definition) is 1. The van der Waals surface area contributed by atoms with E-state index in [-0.39, 0.29) is 11.3 Å². The second-order valence-electron chi connectivity index (χ2n) is 7.30. The lowest BCUT2D eigenvalue weighted by molar-refractivity contribution is -0.140. The number of likely N-dealkylation sites (N-methyl/N-ethyl adjacent to an activating group) is 1. The molecule has 1 unspecified atom stereocenters. The lowest BCUT2D eigenvalue weighted by Crippen LogP contribution is -2.38. The molecule has 7 heteroatoms. The van der Waals surface area contributed by atoms with E-state index in [0.29, 0.717) is 24.4 Å². The molecule has 1 aliphatic rings. The van der Waals surface area contributed by atoms with Crippen LogP contribution in [0.1, 0.15) is 31.0 Å². The summed E-state index contributed by atoms with van der Waals surface area (Å²) < 4.78 is 6.01. The highest BCUT2D eigenvalue weighted by Crippen LogP contribution is 2.40. The zero-order valence-corrected chi connectivity index (χ0v) is 19.6. The highest BCUT2D eigenvalue weighted by Gasteiger charge is 2.46. The molecule has 0 bridgehead atoms. The van der Waals surface area contributed by atoms with E-state index in [1.165, 1.54) is 0 Å². The largest absolute Gasteiger partial charge is 0.507 e. The number of Topliss-reactive ketones (excluding diaryl/α,β-unsaturated/α-hetero) is 1. The van der Waals surface area contributed by atoms with Crippen LogP contribution in [0.15, 0.2) is 58.6 Å². The van der Waals surface area contributed by atoms with Gasteiger partial charge in [0.05, 0.1) is 18.7 Å². The fraction of sp³-hybridized carbons (Fsp3) is 0.333. The molecule has 3 rings (SSSR count). The Balaban J connectivity index is 2.08. The van der Waals surface area contributed by atoms with Gasteiger partial charge < -0.3 is 19.6 Å². The molecule has 31 heavy (non-hydrogen) atoms. The number of nitrogens with zero attached hydrogens (tertiary/aromatic N) is 2. The maximum atomic E-state index is 13.0. The van der Waals surface area contributed by atoms with Crippen LogP contribution in [0.5, 0.6) is 5.75 Å². The molecular weight excluding hydrogens is 460 g/mol. The van der Waals surface area contributed by atoms with Gasteiger partial charge in [0.25, 0.3) is 11.7 Å². The summed E-state index contributed by atoms with van der Waals surface area (Å²) in [5.41, 5.74) is 1.33. The summed E-state index contributed by atoms with van der Waals surface area (Å²) in [6.07, 6.45) is 0. The molecule has 0 spiro atoms. The lowest BCUT2D eigenvalue weighted by Gasteiger charge is -2.28. The van der Waals surface area contributed by atoms with E-state index in [4.69, 9.17) is 4.74 Å². The Morgan fingerprint density at radius 3 is 2.39 bits per heavy atom. The molecule has 1 fully saturated rings. The van der Waals surface area contributed by atoms with Gasteiger partial charge in [-0.3, -0.25) is 9.59 Å². The van der Waals surface area contributed by atoms with Crippen molar-refractivity contribution in [1.29, 1.82) is 0 Å². The van der Waals surface area contributed by atoms with Crippen molar-refractivity contribution >= 4 is 33.4 Å². The Hall–Kier alpha value is -2.64. The minimum absolute atomic E-state index is 0.104. The first-order chi connectivity index (χ1) is 14.9. The van der Waals surface area contributed by atoms with Crippen LogP contribution in [0.2, 0.25) is 0 Å². The third-order valence-electron chi connectivity index (χ3n) is 5.62. The van der Waals surface area contributed by atoms with Crippen LogP contribution in [0.4, 0.5) is 0 Å². The van der Waals surface area contributed by atoms with Crippen LogP contribution in [-0.2, 0) is 9.59 Å². The molecule has 0 aromatic heterocycles. The fourth-order valence-electron chi connectivity index (χ4n) is 3.83. The van der Waals surface area contributed by atoms with Crippen molar-refractivity contribution in [3.8, 4) is 5.75 Å². The third kappa shape index (κ3) is 4.83. The molecule has 1 atom stereocenters. The van der Waals surface area contributed by atoms with Crippen LogP contribution in [0.25, 0.3) is 5.76 Å². The monoisotopic (exact) mass is 486 g/mol. The van der Waals surface area contributed by atoms with Crippen molar-refractivity contribution in [3.63, 3.8) is 0 Å². The summed E-state index contributed by atoms with van der Waals surface area (Å²) in [4.78, 5) is 29.8. The number of rotatable bonds is 8. The Morgan fingerprint density at radius 1 is 1.13 bits per heavy atom. The van der Waals surface area contributed by atoms with Gasteiger partial charge in [-0.2, -0.15) is 0 Å². The van der Waals surface area contributed by atoms with Gasteiger partial charge in [-0.25, -0.2) is 0 Å². The topological polar surface area (TPSA) is 70.1 Å². The maximum absolute atomic E-state index is 13.0. The van der Waals surface area contributed by atoms with E-state index in [9.17, 15) is 14.7 Å². The van der Waals surface area contributed by atoms with Crippen LogP contribution in [-0.4, -0.2) is 59.9 Å². The summed E-state index contributed by atoms with van der Waals surface area (Å²) in [6.45, 7) is 6.87. The highest BCUT2D eigenvalue weighted by atomic mass is 79.9. The van der Waals surface area contributed by atoms with E-state index in [2.05, 4.69) is 34.7 Å². The summed E-state index contributed by atoms with van der Waals surface area (Å²) in [5.74, 6) is -0.805. The van der Waals surface area contributed by atoms with Crippen molar-refractivity contribution in [2.24, 2.45) is 0 Å². The first-order valence-electron chi connectivity index (χ1n) is 10.3. The van der Waals surface area contributed by atoms with E-state index >= 15 is 0 Å². The molecule has 1 heterocycles. The van der Waals surface area contributed by atoms with Crippen LogP contribution >= 0.6 is 15.9 Å². The maximum Gasteiger partial charge on any atom is 0.295 e. The summed E-state index contributed by atoms with van der Waals surface area (Å²) in [5, 5.41) is 11.1. The van der Waals surface area contributed by atoms with Crippen molar-refractivity contribution in [1.82, 2.24) is 9.80 Å². The first-order valence-corrected chi connectivity index (χ1v) is 11.1. The average Bonchev–Trinajstić information content (AvgIpc) is 3.04. The third-order valence-corrected chi connectivity index (χ3v) is 6.11. The molecule has 1 saturated heterocycles. The SMILES string of the molecule is CCN(CC)CCN1C(=O)C(=O)/C(=C(/O)c2ccc(OC)cc2)C1c1cccc(Br)c1. The van der Waals surface area contributed by atoms with Crippen molar-refractivity contribution in [2.75, 3.05) is 33.3 Å².